The number of carbonyl (C=O) groups excluding carboxylic acids is 2. The van der Waals surface area contributed by atoms with Crippen molar-refractivity contribution in [3.8, 4) is 0 Å². The van der Waals surface area contributed by atoms with E-state index in [0.29, 0.717) is 13.2 Å². The lowest BCUT2D eigenvalue weighted by molar-refractivity contribution is -0.144. The van der Waals surface area contributed by atoms with Crippen LogP contribution in [0, 0.1) is 0 Å². The lowest BCUT2D eigenvalue weighted by Crippen LogP contribution is -2.38. The van der Waals surface area contributed by atoms with Gasteiger partial charge in [-0.2, -0.15) is 0 Å². The van der Waals surface area contributed by atoms with E-state index in [4.69, 9.17) is 4.74 Å². The minimum Gasteiger partial charge on any atom is -0.466 e. The Morgan fingerprint density at radius 2 is 2.22 bits per heavy atom. The van der Waals surface area contributed by atoms with Gasteiger partial charge in [0.25, 0.3) is 0 Å². The highest BCUT2D eigenvalue weighted by Crippen LogP contribution is 2.19. The lowest BCUT2D eigenvalue weighted by Gasteiger charge is -2.15. The number of anilines is 1. The third-order valence-corrected chi connectivity index (χ3v) is 2.79. The number of benzene rings is 1. The molecule has 1 heterocycles. The van der Waals surface area contributed by atoms with Crippen LogP contribution in [0.2, 0.25) is 0 Å². The predicted octanol–water partition coefficient (Wildman–Crippen LogP) is 1.05. The summed E-state index contributed by atoms with van der Waals surface area (Å²) < 4.78 is 4.86. The lowest BCUT2D eigenvalue weighted by atomic mass is 10.1. The van der Waals surface area contributed by atoms with Crippen LogP contribution < -0.4 is 10.6 Å². The van der Waals surface area contributed by atoms with Crippen molar-refractivity contribution in [3.63, 3.8) is 0 Å². The maximum atomic E-state index is 11.8. The van der Waals surface area contributed by atoms with Gasteiger partial charge in [-0.15, -0.1) is 0 Å². The number of amides is 1. The highest BCUT2D eigenvalue weighted by atomic mass is 16.5. The fraction of sp³-hybridized carbons (Fsp3) is 0.385. The molecule has 0 saturated heterocycles. The summed E-state index contributed by atoms with van der Waals surface area (Å²) in [6, 6.07) is 7.07. The van der Waals surface area contributed by atoms with Gasteiger partial charge in [0, 0.05) is 12.2 Å². The molecule has 0 bridgehead atoms. The highest BCUT2D eigenvalue weighted by Gasteiger charge is 2.25. The summed E-state index contributed by atoms with van der Waals surface area (Å²) in [6.45, 7) is 2.54. The van der Waals surface area contributed by atoms with E-state index in [-0.39, 0.29) is 18.3 Å². The van der Waals surface area contributed by atoms with Crippen LogP contribution in [0.5, 0.6) is 0 Å². The molecule has 1 aliphatic rings. The maximum Gasteiger partial charge on any atom is 0.308 e. The van der Waals surface area contributed by atoms with Crippen molar-refractivity contribution < 1.29 is 14.3 Å². The van der Waals surface area contributed by atoms with Gasteiger partial charge < -0.3 is 15.4 Å². The number of esters is 1. The minimum atomic E-state index is -0.576. The van der Waals surface area contributed by atoms with Crippen LogP contribution in [0.25, 0.3) is 0 Å². The van der Waals surface area contributed by atoms with Gasteiger partial charge in [-0.3, -0.25) is 9.59 Å². The first-order valence-electron chi connectivity index (χ1n) is 5.98. The molecular weight excluding hydrogens is 232 g/mol. The van der Waals surface area contributed by atoms with Crippen LogP contribution >= 0.6 is 0 Å². The van der Waals surface area contributed by atoms with E-state index in [1.807, 2.05) is 24.3 Å². The van der Waals surface area contributed by atoms with Gasteiger partial charge in [0.1, 0.15) is 6.04 Å². The Bertz CT molecular complexity index is 459. The van der Waals surface area contributed by atoms with E-state index in [2.05, 4.69) is 10.6 Å². The zero-order valence-corrected chi connectivity index (χ0v) is 10.2. The number of fused-ring (bicyclic) bond motifs is 1. The fourth-order valence-corrected chi connectivity index (χ4v) is 1.90. The normalized spacial score (nSPS) is 18.1. The quantitative estimate of drug-likeness (QED) is 0.785. The SMILES string of the molecule is CCOC(=O)CC1Nc2ccccc2CNC1=O. The minimum absolute atomic E-state index is 0.0357. The van der Waals surface area contributed by atoms with E-state index < -0.39 is 6.04 Å². The molecule has 18 heavy (non-hydrogen) atoms. The van der Waals surface area contributed by atoms with Crippen molar-refractivity contribution in [1.82, 2.24) is 5.32 Å². The molecule has 0 saturated carbocycles. The number of hydrogen-bond donors (Lipinski definition) is 2. The zero-order valence-electron chi connectivity index (χ0n) is 10.2. The van der Waals surface area contributed by atoms with Gasteiger partial charge in [-0.05, 0) is 18.6 Å². The molecule has 0 radical (unpaired) electrons. The number of hydrogen-bond acceptors (Lipinski definition) is 4. The van der Waals surface area contributed by atoms with Gasteiger partial charge in [0.15, 0.2) is 0 Å². The monoisotopic (exact) mass is 248 g/mol. The molecule has 96 valence electrons. The first-order chi connectivity index (χ1) is 8.70. The van der Waals surface area contributed by atoms with Gasteiger partial charge in [-0.25, -0.2) is 0 Å². The maximum absolute atomic E-state index is 11.8. The Hall–Kier alpha value is -2.04. The van der Waals surface area contributed by atoms with Gasteiger partial charge in [0.2, 0.25) is 5.91 Å². The average molecular weight is 248 g/mol. The van der Waals surface area contributed by atoms with Gasteiger partial charge in [-0.1, -0.05) is 18.2 Å². The molecule has 0 spiro atoms. The van der Waals surface area contributed by atoms with Crippen LogP contribution in [0.4, 0.5) is 5.69 Å². The number of para-hydroxylation sites is 1. The average Bonchev–Trinajstić information content (AvgIpc) is 2.51. The summed E-state index contributed by atoms with van der Waals surface area (Å²) in [5, 5.41) is 5.87. The van der Waals surface area contributed by atoms with Crippen molar-refractivity contribution in [2.75, 3.05) is 11.9 Å². The first-order valence-corrected chi connectivity index (χ1v) is 5.98. The molecule has 0 aromatic heterocycles. The molecule has 1 aliphatic heterocycles. The van der Waals surface area contributed by atoms with Crippen molar-refractivity contribution in [1.29, 1.82) is 0 Å². The molecule has 2 N–H and O–H groups in total. The van der Waals surface area contributed by atoms with Gasteiger partial charge in [0.05, 0.1) is 13.0 Å². The van der Waals surface area contributed by atoms with E-state index >= 15 is 0 Å². The Balaban J connectivity index is 2.11. The Morgan fingerprint density at radius 3 is 3.00 bits per heavy atom. The second-order valence-electron chi connectivity index (χ2n) is 4.08. The molecule has 1 unspecified atom stereocenters. The smallest absolute Gasteiger partial charge is 0.308 e. The summed E-state index contributed by atoms with van der Waals surface area (Å²) in [5.41, 5.74) is 1.89. The second-order valence-corrected chi connectivity index (χ2v) is 4.08. The van der Waals surface area contributed by atoms with E-state index in [1.54, 1.807) is 6.92 Å². The summed E-state index contributed by atoms with van der Waals surface area (Å²) in [5.74, 6) is -0.552. The van der Waals surface area contributed by atoms with Crippen molar-refractivity contribution in [2.24, 2.45) is 0 Å². The number of nitrogens with one attached hydrogen (secondary N) is 2. The van der Waals surface area contributed by atoms with Crippen LogP contribution in [0.1, 0.15) is 18.9 Å². The topological polar surface area (TPSA) is 67.4 Å². The van der Waals surface area contributed by atoms with Crippen LogP contribution in [-0.4, -0.2) is 24.5 Å². The molecule has 0 aliphatic carbocycles. The van der Waals surface area contributed by atoms with Gasteiger partial charge >= 0.3 is 5.97 Å². The summed E-state index contributed by atoms with van der Waals surface area (Å²) in [4.78, 5) is 23.3. The molecule has 1 aromatic carbocycles. The van der Waals surface area contributed by atoms with E-state index in [0.717, 1.165) is 11.3 Å². The second kappa shape index (κ2) is 5.53. The summed E-state index contributed by atoms with van der Waals surface area (Å²) in [6.07, 6.45) is 0.0357. The van der Waals surface area contributed by atoms with Crippen molar-refractivity contribution >= 4 is 17.6 Å². The molecule has 1 aromatic rings. The summed E-state index contributed by atoms with van der Waals surface area (Å²) >= 11 is 0. The fourth-order valence-electron chi connectivity index (χ4n) is 1.90. The molecule has 1 atom stereocenters. The van der Waals surface area contributed by atoms with E-state index in [9.17, 15) is 9.59 Å². The summed E-state index contributed by atoms with van der Waals surface area (Å²) in [7, 11) is 0. The van der Waals surface area contributed by atoms with Crippen LogP contribution in [0.3, 0.4) is 0 Å². The standard InChI is InChI=1S/C13H16N2O3/c1-2-18-12(16)7-11-13(17)14-8-9-5-3-4-6-10(9)15-11/h3-6,11,15H,2,7-8H2,1H3,(H,14,17). The molecule has 1 amide bonds. The number of ether oxygens (including phenoxy) is 1. The molecule has 5 nitrogen and oxygen atoms in total. The van der Waals surface area contributed by atoms with Crippen molar-refractivity contribution in [3.05, 3.63) is 29.8 Å². The molecule has 2 rings (SSSR count). The molecule has 0 fully saturated rings. The number of carbonyl (C=O) groups is 2. The third-order valence-electron chi connectivity index (χ3n) is 2.79. The molecule has 5 heteroatoms. The Morgan fingerprint density at radius 1 is 1.44 bits per heavy atom. The predicted molar refractivity (Wildman–Crippen MR) is 66.9 cm³/mol. The zero-order chi connectivity index (χ0) is 13.0. The number of rotatable bonds is 3. The highest BCUT2D eigenvalue weighted by molar-refractivity contribution is 5.90. The Labute approximate surface area is 106 Å². The van der Waals surface area contributed by atoms with E-state index in [1.165, 1.54) is 0 Å². The Kier molecular flexibility index (Phi) is 3.82. The van der Waals surface area contributed by atoms with Crippen LogP contribution in [0.15, 0.2) is 24.3 Å². The van der Waals surface area contributed by atoms with Crippen LogP contribution in [-0.2, 0) is 20.9 Å². The van der Waals surface area contributed by atoms with Crippen molar-refractivity contribution in [2.45, 2.75) is 25.9 Å². The largest absolute Gasteiger partial charge is 0.466 e. The first kappa shape index (κ1) is 12.4. The molecular formula is C13H16N2O3. The third kappa shape index (κ3) is 2.80.